The molecule has 0 radical (unpaired) electrons. The topological polar surface area (TPSA) is 45.5 Å². The molecule has 0 bridgehead atoms. The second-order valence-electron chi connectivity index (χ2n) is 5.89. The van der Waals surface area contributed by atoms with E-state index in [1.54, 1.807) is 6.26 Å². The molecular formula is C15H22N2O2. The van der Waals surface area contributed by atoms with Gasteiger partial charge in [0.05, 0.1) is 5.56 Å². The molecule has 4 heteroatoms. The van der Waals surface area contributed by atoms with Gasteiger partial charge in [0.25, 0.3) is 5.91 Å². The van der Waals surface area contributed by atoms with Crippen molar-refractivity contribution in [3.05, 3.63) is 23.7 Å². The van der Waals surface area contributed by atoms with Crippen molar-refractivity contribution in [2.75, 3.05) is 19.6 Å². The Morgan fingerprint density at radius 3 is 2.84 bits per heavy atom. The second kappa shape index (κ2) is 5.37. The molecule has 2 fully saturated rings. The molecule has 1 aliphatic carbocycles. The lowest BCUT2D eigenvalue weighted by Gasteiger charge is -2.25. The number of aryl methyl sites for hydroxylation is 1. The molecule has 1 amide bonds. The van der Waals surface area contributed by atoms with Crippen LogP contribution in [0, 0.1) is 12.8 Å². The minimum atomic E-state index is 0.123. The van der Waals surface area contributed by atoms with Crippen LogP contribution in [0.2, 0.25) is 0 Å². The lowest BCUT2D eigenvalue weighted by molar-refractivity contribution is 0.0733. The van der Waals surface area contributed by atoms with Crippen molar-refractivity contribution in [2.45, 2.75) is 38.6 Å². The van der Waals surface area contributed by atoms with E-state index in [1.807, 2.05) is 17.9 Å². The third kappa shape index (κ3) is 3.18. The van der Waals surface area contributed by atoms with Crippen LogP contribution in [-0.2, 0) is 0 Å². The molecule has 0 aromatic carbocycles. The molecule has 1 saturated heterocycles. The Morgan fingerprint density at radius 2 is 2.26 bits per heavy atom. The van der Waals surface area contributed by atoms with Crippen molar-refractivity contribution in [1.82, 2.24) is 10.2 Å². The van der Waals surface area contributed by atoms with Crippen LogP contribution in [0.25, 0.3) is 0 Å². The number of nitrogens with one attached hydrogen (secondary N) is 1. The Morgan fingerprint density at radius 1 is 1.42 bits per heavy atom. The Labute approximate surface area is 114 Å². The maximum absolute atomic E-state index is 12.5. The number of carbonyl (C=O) groups excluding carboxylic acids is 1. The average Bonchev–Trinajstić information content (AvgIpc) is 2.89. The number of hydrogen-bond acceptors (Lipinski definition) is 3. The van der Waals surface area contributed by atoms with E-state index in [0.717, 1.165) is 31.3 Å². The summed E-state index contributed by atoms with van der Waals surface area (Å²) in [4.78, 5) is 14.6. The SMILES string of the molecule is Cc1cc(C(=O)N(CC2CC2)CC2CCCN2)co1. The fourth-order valence-electron chi connectivity index (χ4n) is 2.77. The third-order valence-corrected chi connectivity index (χ3v) is 4.04. The predicted octanol–water partition coefficient (Wildman–Crippen LogP) is 2.19. The van der Waals surface area contributed by atoms with Gasteiger partial charge in [-0.1, -0.05) is 0 Å². The van der Waals surface area contributed by atoms with Gasteiger partial charge in [-0.25, -0.2) is 0 Å². The van der Waals surface area contributed by atoms with Gasteiger partial charge in [0, 0.05) is 19.1 Å². The molecule has 1 aromatic rings. The monoisotopic (exact) mass is 262 g/mol. The Kier molecular flexibility index (Phi) is 3.60. The molecule has 1 saturated carbocycles. The largest absolute Gasteiger partial charge is 0.469 e. The molecule has 1 aromatic heterocycles. The molecule has 19 heavy (non-hydrogen) atoms. The first-order valence-corrected chi connectivity index (χ1v) is 7.30. The van der Waals surface area contributed by atoms with E-state index in [2.05, 4.69) is 5.32 Å². The molecule has 3 rings (SSSR count). The zero-order valence-corrected chi connectivity index (χ0v) is 11.5. The summed E-state index contributed by atoms with van der Waals surface area (Å²) in [6.45, 7) is 4.70. The first kappa shape index (κ1) is 12.7. The summed E-state index contributed by atoms with van der Waals surface area (Å²) < 4.78 is 5.26. The van der Waals surface area contributed by atoms with Gasteiger partial charge in [0.15, 0.2) is 0 Å². The number of carbonyl (C=O) groups is 1. The highest BCUT2D eigenvalue weighted by molar-refractivity contribution is 5.94. The summed E-state index contributed by atoms with van der Waals surface area (Å²) in [6, 6.07) is 2.31. The molecule has 1 aliphatic heterocycles. The second-order valence-corrected chi connectivity index (χ2v) is 5.89. The number of nitrogens with zero attached hydrogens (tertiary/aromatic N) is 1. The highest BCUT2D eigenvalue weighted by Crippen LogP contribution is 2.30. The molecule has 2 aliphatic rings. The van der Waals surface area contributed by atoms with Gasteiger partial charge in [-0.2, -0.15) is 0 Å². The lowest BCUT2D eigenvalue weighted by atomic mass is 10.2. The van der Waals surface area contributed by atoms with E-state index in [0.29, 0.717) is 11.6 Å². The zero-order valence-electron chi connectivity index (χ0n) is 11.5. The standard InChI is InChI=1S/C15H22N2O2/c1-11-7-13(10-19-11)15(18)17(8-12-4-5-12)9-14-3-2-6-16-14/h7,10,12,14,16H,2-6,8-9H2,1H3. The predicted molar refractivity (Wildman–Crippen MR) is 73.1 cm³/mol. The van der Waals surface area contributed by atoms with E-state index < -0.39 is 0 Å². The van der Waals surface area contributed by atoms with Gasteiger partial charge in [0.1, 0.15) is 12.0 Å². The van der Waals surface area contributed by atoms with Gasteiger partial charge < -0.3 is 14.6 Å². The number of furan rings is 1. The summed E-state index contributed by atoms with van der Waals surface area (Å²) in [7, 11) is 0. The number of amides is 1. The maximum Gasteiger partial charge on any atom is 0.257 e. The van der Waals surface area contributed by atoms with Crippen molar-refractivity contribution in [3.8, 4) is 0 Å². The Balaban J connectivity index is 1.67. The molecule has 1 unspecified atom stereocenters. The fourth-order valence-corrected chi connectivity index (χ4v) is 2.77. The molecular weight excluding hydrogens is 240 g/mol. The van der Waals surface area contributed by atoms with Gasteiger partial charge in [0.2, 0.25) is 0 Å². The smallest absolute Gasteiger partial charge is 0.257 e. The minimum absolute atomic E-state index is 0.123. The van der Waals surface area contributed by atoms with Gasteiger partial charge in [-0.15, -0.1) is 0 Å². The highest BCUT2D eigenvalue weighted by Gasteiger charge is 2.29. The molecule has 4 nitrogen and oxygen atoms in total. The van der Waals surface area contributed by atoms with E-state index in [1.165, 1.54) is 25.7 Å². The van der Waals surface area contributed by atoms with Crippen molar-refractivity contribution in [1.29, 1.82) is 0 Å². The first-order chi connectivity index (χ1) is 9.22. The van der Waals surface area contributed by atoms with Crippen LogP contribution in [0.15, 0.2) is 16.7 Å². The van der Waals surface area contributed by atoms with Crippen molar-refractivity contribution in [3.63, 3.8) is 0 Å². The summed E-state index contributed by atoms with van der Waals surface area (Å²) in [6.07, 6.45) is 6.53. The Bertz CT molecular complexity index is 445. The van der Waals surface area contributed by atoms with Crippen LogP contribution in [0.3, 0.4) is 0 Å². The van der Waals surface area contributed by atoms with Crippen LogP contribution in [0.4, 0.5) is 0 Å². The molecule has 0 spiro atoms. The van der Waals surface area contributed by atoms with Crippen LogP contribution in [-0.4, -0.2) is 36.5 Å². The van der Waals surface area contributed by atoms with Crippen molar-refractivity contribution in [2.24, 2.45) is 5.92 Å². The summed E-state index contributed by atoms with van der Waals surface area (Å²) >= 11 is 0. The number of hydrogen-bond donors (Lipinski definition) is 1. The normalized spacial score (nSPS) is 22.7. The average molecular weight is 262 g/mol. The van der Waals surface area contributed by atoms with Gasteiger partial charge >= 0.3 is 0 Å². The van der Waals surface area contributed by atoms with Crippen LogP contribution in [0.1, 0.15) is 41.8 Å². The zero-order chi connectivity index (χ0) is 13.2. The van der Waals surface area contributed by atoms with Crippen LogP contribution in [0.5, 0.6) is 0 Å². The summed E-state index contributed by atoms with van der Waals surface area (Å²) in [5.41, 5.74) is 0.691. The highest BCUT2D eigenvalue weighted by atomic mass is 16.3. The fraction of sp³-hybridized carbons (Fsp3) is 0.667. The third-order valence-electron chi connectivity index (χ3n) is 4.04. The molecule has 1 atom stereocenters. The van der Waals surface area contributed by atoms with Crippen molar-refractivity contribution < 1.29 is 9.21 Å². The van der Waals surface area contributed by atoms with E-state index in [-0.39, 0.29) is 5.91 Å². The molecule has 104 valence electrons. The van der Waals surface area contributed by atoms with Gasteiger partial charge in [-0.05, 0) is 51.1 Å². The quantitative estimate of drug-likeness (QED) is 0.884. The van der Waals surface area contributed by atoms with Crippen LogP contribution >= 0.6 is 0 Å². The van der Waals surface area contributed by atoms with Crippen LogP contribution < -0.4 is 5.32 Å². The van der Waals surface area contributed by atoms with Gasteiger partial charge in [-0.3, -0.25) is 4.79 Å². The van der Waals surface area contributed by atoms with E-state index in [9.17, 15) is 4.79 Å². The molecule has 2 heterocycles. The van der Waals surface area contributed by atoms with E-state index in [4.69, 9.17) is 4.42 Å². The van der Waals surface area contributed by atoms with E-state index >= 15 is 0 Å². The van der Waals surface area contributed by atoms with Crippen molar-refractivity contribution >= 4 is 5.91 Å². The number of rotatable bonds is 5. The maximum atomic E-state index is 12.5. The first-order valence-electron chi connectivity index (χ1n) is 7.30. The summed E-state index contributed by atoms with van der Waals surface area (Å²) in [5.74, 6) is 1.64. The lowest BCUT2D eigenvalue weighted by Crippen LogP contribution is -2.42. The minimum Gasteiger partial charge on any atom is -0.469 e. The molecule has 1 N–H and O–H groups in total. The Hall–Kier alpha value is -1.29. The summed E-state index contributed by atoms with van der Waals surface area (Å²) in [5, 5.41) is 3.47.